The molecule has 1 heterocycles. The molecule has 0 amide bonds. The van der Waals surface area contributed by atoms with Crippen molar-refractivity contribution < 1.29 is 9.90 Å². The van der Waals surface area contributed by atoms with Crippen LogP contribution >= 0.6 is 11.8 Å². The average molecular weight is 219 g/mol. The second kappa shape index (κ2) is 4.23. The van der Waals surface area contributed by atoms with Crippen LogP contribution in [-0.2, 0) is 0 Å². The Hall–Kier alpha value is -1.68. The van der Waals surface area contributed by atoms with Gasteiger partial charge in [0.1, 0.15) is 5.69 Å². The molecule has 15 heavy (non-hydrogen) atoms. The Morgan fingerprint density at radius 2 is 1.87 bits per heavy atom. The number of aromatic carboxylic acids is 1. The third kappa shape index (κ3) is 2.41. The first-order chi connectivity index (χ1) is 7.25. The Labute approximate surface area is 91.1 Å². The number of aromatic amines is 1. The topological polar surface area (TPSA) is 53.1 Å². The van der Waals surface area contributed by atoms with Crippen molar-refractivity contribution in [2.24, 2.45) is 0 Å². The summed E-state index contributed by atoms with van der Waals surface area (Å²) in [5.74, 6) is -0.935. The van der Waals surface area contributed by atoms with Crippen molar-refractivity contribution in [1.29, 1.82) is 0 Å². The summed E-state index contributed by atoms with van der Waals surface area (Å²) in [5.41, 5.74) is 0.216. The van der Waals surface area contributed by atoms with E-state index < -0.39 is 5.97 Å². The summed E-state index contributed by atoms with van der Waals surface area (Å²) in [7, 11) is 0. The van der Waals surface area contributed by atoms with Crippen LogP contribution in [0.25, 0.3) is 0 Å². The van der Waals surface area contributed by atoms with Gasteiger partial charge in [0.15, 0.2) is 0 Å². The van der Waals surface area contributed by atoms with Gasteiger partial charge in [0.25, 0.3) is 0 Å². The molecule has 0 atom stereocenters. The predicted octanol–water partition coefficient (Wildman–Crippen LogP) is 2.86. The average Bonchev–Trinajstić information content (AvgIpc) is 2.68. The SMILES string of the molecule is O=C(O)c1ccc(Sc2ccccc2)[nH]1. The molecule has 0 radical (unpaired) electrons. The fraction of sp³-hybridized carbons (Fsp3) is 0. The maximum absolute atomic E-state index is 10.6. The van der Waals surface area contributed by atoms with Gasteiger partial charge in [0, 0.05) is 4.90 Å². The normalized spacial score (nSPS) is 10.1. The molecular weight excluding hydrogens is 210 g/mol. The number of H-pyrrole nitrogens is 1. The van der Waals surface area contributed by atoms with Crippen LogP contribution in [0.1, 0.15) is 10.5 Å². The Kier molecular flexibility index (Phi) is 2.78. The molecule has 0 unspecified atom stereocenters. The molecule has 0 aliphatic rings. The lowest BCUT2D eigenvalue weighted by Gasteiger charge is -1.97. The zero-order chi connectivity index (χ0) is 10.7. The number of hydrogen-bond donors (Lipinski definition) is 2. The minimum Gasteiger partial charge on any atom is -0.477 e. The number of carboxylic acids is 1. The van der Waals surface area contributed by atoms with E-state index in [-0.39, 0.29) is 5.69 Å². The van der Waals surface area contributed by atoms with Gasteiger partial charge in [0.05, 0.1) is 5.03 Å². The van der Waals surface area contributed by atoms with Crippen molar-refractivity contribution in [1.82, 2.24) is 4.98 Å². The van der Waals surface area contributed by atoms with Gasteiger partial charge < -0.3 is 10.1 Å². The molecule has 1 aromatic heterocycles. The molecule has 3 nitrogen and oxygen atoms in total. The quantitative estimate of drug-likeness (QED) is 0.834. The molecule has 0 saturated heterocycles. The first kappa shape index (κ1) is 9.86. The van der Waals surface area contributed by atoms with Gasteiger partial charge in [-0.2, -0.15) is 0 Å². The monoisotopic (exact) mass is 219 g/mol. The fourth-order valence-corrected chi connectivity index (χ4v) is 2.02. The number of hydrogen-bond acceptors (Lipinski definition) is 2. The third-order valence-corrected chi connectivity index (χ3v) is 2.83. The van der Waals surface area contributed by atoms with E-state index in [1.54, 1.807) is 12.1 Å². The number of carbonyl (C=O) groups is 1. The summed E-state index contributed by atoms with van der Waals surface area (Å²) in [6, 6.07) is 13.1. The molecule has 2 N–H and O–H groups in total. The highest BCUT2D eigenvalue weighted by molar-refractivity contribution is 7.99. The molecule has 2 aromatic rings. The summed E-state index contributed by atoms with van der Waals surface area (Å²) in [6.07, 6.45) is 0. The highest BCUT2D eigenvalue weighted by atomic mass is 32.2. The van der Waals surface area contributed by atoms with Crippen LogP contribution in [0.4, 0.5) is 0 Å². The molecule has 0 spiro atoms. The van der Waals surface area contributed by atoms with Crippen LogP contribution in [-0.4, -0.2) is 16.1 Å². The smallest absolute Gasteiger partial charge is 0.352 e. The van der Waals surface area contributed by atoms with Crippen molar-refractivity contribution in [3.8, 4) is 0 Å². The molecule has 76 valence electrons. The van der Waals surface area contributed by atoms with E-state index in [1.807, 2.05) is 30.3 Å². The molecule has 1 aromatic carbocycles. The lowest BCUT2D eigenvalue weighted by molar-refractivity contribution is 0.0691. The van der Waals surface area contributed by atoms with E-state index >= 15 is 0 Å². The van der Waals surface area contributed by atoms with Gasteiger partial charge in [-0.05, 0) is 24.3 Å². The third-order valence-electron chi connectivity index (χ3n) is 1.86. The lowest BCUT2D eigenvalue weighted by atomic mass is 10.4. The van der Waals surface area contributed by atoms with Gasteiger partial charge in [0.2, 0.25) is 0 Å². The van der Waals surface area contributed by atoms with Crippen LogP contribution in [0.15, 0.2) is 52.4 Å². The molecule has 0 aliphatic heterocycles. The van der Waals surface area contributed by atoms with E-state index in [0.29, 0.717) is 0 Å². The van der Waals surface area contributed by atoms with Gasteiger partial charge in [-0.25, -0.2) is 4.79 Å². The molecule has 4 heteroatoms. The largest absolute Gasteiger partial charge is 0.477 e. The zero-order valence-electron chi connectivity index (χ0n) is 7.81. The summed E-state index contributed by atoms with van der Waals surface area (Å²) in [6.45, 7) is 0. The van der Waals surface area contributed by atoms with Crippen LogP contribution < -0.4 is 0 Å². The molecular formula is C11H9NO2S. The number of aromatic nitrogens is 1. The van der Waals surface area contributed by atoms with Gasteiger partial charge in [-0.15, -0.1) is 0 Å². The lowest BCUT2D eigenvalue weighted by Crippen LogP contribution is -1.95. The summed E-state index contributed by atoms with van der Waals surface area (Å²) >= 11 is 1.51. The van der Waals surface area contributed by atoms with Crippen molar-refractivity contribution in [2.75, 3.05) is 0 Å². The number of carboxylic acid groups (broad SMARTS) is 1. The predicted molar refractivity (Wildman–Crippen MR) is 58.3 cm³/mol. The van der Waals surface area contributed by atoms with Crippen LogP contribution in [0.2, 0.25) is 0 Å². The van der Waals surface area contributed by atoms with E-state index in [2.05, 4.69) is 4.98 Å². The van der Waals surface area contributed by atoms with Crippen molar-refractivity contribution >= 4 is 17.7 Å². The minimum atomic E-state index is -0.935. The zero-order valence-corrected chi connectivity index (χ0v) is 8.62. The van der Waals surface area contributed by atoms with E-state index in [0.717, 1.165) is 9.92 Å². The Morgan fingerprint density at radius 3 is 2.47 bits per heavy atom. The minimum absolute atomic E-state index is 0.216. The second-order valence-electron chi connectivity index (χ2n) is 2.96. The van der Waals surface area contributed by atoms with Gasteiger partial charge >= 0.3 is 5.97 Å². The summed E-state index contributed by atoms with van der Waals surface area (Å²) in [5, 5.41) is 9.56. The first-order valence-electron chi connectivity index (χ1n) is 4.41. The maximum Gasteiger partial charge on any atom is 0.352 e. The second-order valence-corrected chi connectivity index (χ2v) is 4.07. The Morgan fingerprint density at radius 1 is 1.13 bits per heavy atom. The summed E-state index contributed by atoms with van der Waals surface area (Å²) < 4.78 is 0. The van der Waals surface area contributed by atoms with Crippen LogP contribution in [0, 0.1) is 0 Å². The van der Waals surface area contributed by atoms with E-state index in [9.17, 15) is 4.79 Å². The molecule has 0 fully saturated rings. The standard InChI is InChI=1S/C11H9NO2S/c13-11(14)9-6-7-10(12-9)15-8-4-2-1-3-5-8/h1-7,12H,(H,13,14). The van der Waals surface area contributed by atoms with Crippen molar-refractivity contribution in [3.63, 3.8) is 0 Å². The number of rotatable bonds is 3. The van der Waals surface area contributed by atoms with Crippen LogP contribution in [0.5, 0.6) is 0 Å². The van der Waals surface area contributed by atoms with Crippen molar-refractivity contribution in [3.05, 3.63) is 48.2 Å². The Bertz CT molecular complexity index is 464. The highest BCUT2D eigenvalue weighted by Crippen LogP contribution is 2.26. The van der Waals surface area contributed by atoms with Crippen molar-refractivity contribution in [2.45, 2.75) is 9.92 Å². The Balaban J connectivity index is 2.15. The molecule has 0 saturated carbocycles. The molecule has 0 aliphatic carbocycles. The molecule has 0 bridgehead atoms. The highest BCUT2D eigenvalue weighted by Gasteiger charge is 2.06. The van der Waals surface area contributed by atoms with Crippen LogP contribution in [0.3, 0.4) is 0 Å². The van der Waals surface area contributed by atoms with Gasteiger partial charge in [-0.1, -0.05) is 30.0 Å². The number of nitrogens with one attached hydrogen (secondary N) is 1. The van der Waals surface area contributed by atoms with Gasteiger partial charge in [-0.3, -0.25) is 0 Å². The van der Waals surface area contributed by atoms with E-state index in [4.69, 9.17) is 5.11 Å². The summed E-state index contributed by atoms with van der Waals surface area (Å²) in [4.78, 5) is 14.5. The maximum atomic E-state index is 10.6. The van der Waals surface area contributed by atoms with E-state index in [1.165, 1.54) is 11.8 Å². The first-order valence-corrected chi connectivity index (χ1v) is 5.22. The molecule has 2 rings (SSSR count). The fourth-order valence-electron chi connectivity index (χ4n) is 1.17. The number of benzene rings is 1.